The van der Waals surface area contributed by atoms with E-state index < -0.39 is 0 Å². The number of hydrogen-bond acceptors (Lipinski definition) is 3. The molecule has 4 aromatic carbocycles. The van der Waals surface area contributed by atoms with Gasteiger partial charge in [-0.15, -0.1) is 11.3 Å². The highest BCUT2D eigenvalue weighted by atomic mass is 32.1. The van der Waals surface area contributed by atoms with Crippen molar-refractivity contribution in [1.82, 2.24) is 0 Å². The Bertz CT molecular complexity index is 1590. The fraction of sp³-hybridized carbons (Fsp3) is 0. The van der Waals surface area contributed by atoms with Crippen LogP contribution in [0.3, 0.4) is 0 Å². The topological polar surface area (TPSA) is 26.3 Å². The van der Waals surface area contributed by atoms with Crippen molar-refractivity contribution in [2.24, 2.45) is 0 Å². The summed E-state index contributed by atoms with van der Waals surface area (Å²) in [5.74, 6) is 1.80. The maximum Gasteiger partial charge on any atom is 0.133 e. The first kappa shape index (κ1) is 16.9. The van der Waals surface area contributed by atoms with Crippen molar-refractivity contribution in [3.8, 4) is 22.6 Å². The van der Waals surface area contributed by atoms with Crippen LogP contribution in [0.15, 0.2) is 106 Å². The molecule has 0 N–H and O–H groups in total. The zero-order valence-corrected chi connectivity index (χ0v) is 17.3. The SMILES string of the molecule is c1coc(-c2ccc3cc4c(cc3c2)sc2cc3cc(-c5ccco5)ccc3cc24)c1. The molecule has 7 rings (SSSR count). The molecule has 0 aliphatic carbocycles. The van der Waals surface area contributed by atoms with Crippen molar-refractivity contribution in [1.29, 1.82) is 0 Å². The quantitative estimate of drug-likeness (QED) is 0.281. The van der Waals surface area contributed by atoms with Gasteiger partial charge < -0.3 is 8.83 Å². The molecule has 3 aromatic heterocycles. The summed E-state index contributed by atoms with van der Waals surface area (Å²) in [6.45, 7) is 0. The maximum absolute atomic E-state index is 5.58. The van der Waals surface area contributed by atoms with Crippen molar-refractivity contribution in [2.45, 2.75) is 0 Å². The lowest BCUT2D eigenvalue weighted by atomic mass is 10.0. The van der Waals surface area contributed by atoms with E-state index in [2.05, 4.69) is 60.7 Å². The second-order valence-corrected chi connectivity index (χ2v) is 8.96. The van der Waals surface area contributed by atoms with Crippen LogP contribution < -0.4 is 0 Å². The summed E-state index contributed by atoms with van der Waals surface area (Å²) in [5.41, 5.74) is 2.21. The smallest absolute Gasteiger partial charge is 0.133 e. The maximum atomic E-state index is 5.58. The highest BCUT2D eigenvalue weighted by molar-refractivity contribution is 7.26. The van der Waals surface area contributed by atoms with Crippen molar-refractivity contribution in [3.05, 3.63) is 97.5 Å². The average Bonchev–Trinajstić information content (AvgIpc) is 3.56. The molecule has 0 saturated carbocycles. The summed E-state index contributed by atoms with van der Waals surface area (Å²) >= 11 is 1.85. The third-order valence-electron chi connectivity index (χ3n) is 6.00. The second kappa shape index (κ2) is 6.34. The number of hydrogen-bond donors (Lipinski definition) is 0. The number of thiophene rings is 1. The van der Waals surface area contributed by atoms with Gasteiger partial charge in [-0.05, 0) is 82.2 Å². The van der Waals surface area contributed by atoms with Crippen molar-refractivity contribution in [3.63, 3.8) is 0 Å². The Morgan fingerprint density at radius 1 is 0.484 bits per heavy atom. The molecule has 0 aliphatic rings. The molecule has 0 atom stereocenters. The fourth-order valence-electron chi connectivity index (χ4n) is 4.45. The Hall–Kier alpha value is -3.82. The van der Waals surface area contributed by atoms with Crippen molar-refractivity contribution in [2.75, 3.05) is 0 Å². The first-order chi connectivity index (χ1) is 15.3. The summed E-state index contributed by atoms with van der Waals surface area (Å²) < 4.78 is 13.8. The van der Waals surface area contributed by atoms with E-state index in [-0.39, 0.29) is 0 Å². The van der Waals surface area contributed by atoms with Crippen molar-refractivity contribution < 1.29 is 8.83 Å². The first-order valence-corrected chi connectivity index (χ1v) is 11.1. The molecule has 0 amide bonds. The molecular weight excluding hydrogens is 400 g/mol. The van der Waals surface area contributed by atoms with Crippen LogP contribution >= 0.6 is 11.3 Å². The summed E-state index contributed by atoms with van der Waals surface area (Å²) in [7, 11) is 0. The molecule has 0 spiro atoms. The number of furan rings is 2. The first-order valence-electron chi connectivity index (χ1n) is 10.2. The Labute approximate surface area is 182 Å². The molecule has 0 fully saturated rings. The minimum atomic E-state index is 0.900. The number of fused-ring (bicyclic) bond motifs is 5. The van der Waals surface area contributed by atoms with E-state index >= 15 is 0 Å². The van der Waals surface area contributed by atoms with Crippen LogP contribution in [-0.2, 0) is 0 Å². The molecule has 0 aliphatic heterocycles. The molecular formula is C28H16O2S. The Kier molecular flexibility index (Phi) is 3.46. The van der Waals surface area contributed by atoms with Gasteiger partial charge in [-0.3, -0.25) is 0 Å². The molecule has 0 radical (unpaired) electrons. The lowest BCUT2D eigenvalue weighted by Gasteiger charge is -2.04. The molecule has 0 bridgehead atoms. The molecule has 3 heteroatoms. The number of benzene rings is 4. The monoisotopic (exact) mass is 416 g/mol. The van der Waals surface area contributed by atoms with Gasteiger partial charge >= 0.3 is 0 Å². The van der Waals surface area contributed by atoms with Gasteiger partial charge in [0.1, 0.15) is 11.5 Å². The van der Waals surface area contributed by atoms with Gasteiger partial charge in [0.2, 0.25) is 0 Å². The van der Waals surface area contributed by atoms with E-state index in [1.54, 1.807) is 12.5 Å². The van der Waals surface area contributed by atoms with Gasteiger partial charge in [0.15, 0.2) is 0 Å². The van der Waals surface area contributed by atoms with Crippen molar-refractivity contribution >= 4 is 53.1 Å². The Morgan fingerprint density at radius 3 is 1.45 bits per heavy atom. The minimum Gasteiger partial charge on any atom is -0.464 e. The fourth-order valence-corrected chi connectivity index (χ4v) is 5.62. The molecule has 2 nitrogen and oxygen atoms in total. The van der Waals surface area contributed by atoms with Crippen LogP contribution in [0, 0.1) is 0 Å². The third-order valence-corrected chi connectivity index (χ3v) is 7.11. The van der Waals surface area contributed by atoms with E-state index in [9.17, 15) is 0 Å². The minimum absolute atomic E-state index is 0.900. The lowest BCUT2D eigenvalue weighted by molar-refractivity contribution is 0.582. The van der Waals surface area contributed by atoms with Gasteiger partial charge in [-0.1, -0.05) is 24.3 Å². The molecule has 146 valence electrons. The van der Waals surface area contributed by atoms with E-state index in [1.807, 2.05) is 35.6 Å². The molecule has 0 saturated heterocycles. The van der Waals surface area contributed by atoms with Crippen LogP contribution in [0.25, 0.3) is 64.4 Å². The highest BCUT2D eigenvalue weighted by Gasteiger charge is 2.11. The van der Waals surface area contributed by atoms with Crippen LogP contribution in [-0.4, -0.2) is 0 Å². The van der Waals surface area contributed by atoms with E-state index in [4.69, 9.17) is 8.83 Å². The van der Waals surface area contributed by atoms with E-state index in [0.29, 0.717) is 0 Å². The zero-order chi connectivity index (χ0) is 20.4. The highest BCUT2D eigenvalue weighted by Crippen LogP contribution is 2.40. The lowest BCUT2D eigenvalue weighted by Crippen LogP contribution is -1.78. The second-order valence-electron chi connectivity index (χ2n) is 7.88. The summed E-state index contributed by atoms with van der Waals surface area (Å²) in [4.78, 5) is 0. The Morgan fingerprint density at radius 2 is 1.00 bits per heavy atom. The van der Waals surface area contributed by atoms with Crippen LogP contribution in [0.2, 0.25) is 0 Å². The van der Waals surface area contributed by atoms with E-state index in [0.717, 1.165) is 22.6 Å². The predicted molar refractivity (Wildman–Crippen MR) is 130 cm³/mol. The standard InChI is InChI=1S/C28H16O2S/c1-3-25(29-9-1)19-7-5-17-13-23-24-14-18-6-8-20(26-4-2-10-30-26)12-22(18)16-28(24)31-27(23)15-21(17)11-19/h1-16H. The molecule has 31 heavy (non-hydrogen) atoms. The molecule has 7 aromatic rings. The van der Waals surface area contributed by atoms with Crippen LogP contribution in [0.5, 0.6) is 0 Å². The van der Waals surface area contributed by atoms with Crippen LogP contribution in [0.4, 0.5) is 0 Å². The molecule has 0 unspecified atom stereocenters. The predicted octanol–water partition coefficient (Wildman–Crippen LogP) is 8.88. The summed E-state index contributed by atoms with van der Waals surface area (Å²) in [5, 5.41) is 7.59. The van der Waals surface area contributed by atoms with Gasteiger partial charge in [0.25, 0.3) is 0 Å². The van der Waals surface area contributed by atoms with Gasteiger partial charge in [0.05, 0.1) is 12.5 Å². The largest absolute Gasteiger partial charge is 0.464 e. The van der Waals surface area contributed by atoms with Gasteiger partial charge in [-0.2, -0.15) is 0 Å². The molecule has 3 heterocycles. The Balaban J connectivity index is 1.44. The average molecular weight is 417 g/mol. The summed E-state index contributed by atoms with van der Waals surface area (Å²) in [6, 6.07) is 30.2. The third kappa shape index (κ3) is 2.64. The summed E-state index contributed by atoms with van der Waals surface area (Å²) in [6.07, 6.45) is 3.44. The number of rotatable bonds is 2. The van der Waals surface area contributed by atoms with Gasteiger partial charge in [-0.25, -0.2) is 0 Å². The van der Waals surface area contributed by atoms with Gasteiger partial charge in [0, 0.05) is 31.3 Å². The van der Waals surface area contributed by atoms with E-state index in [1.165, 1.54) is 41.7 Å². The zero-order valence-electron chi connectivity index (χ0n) is 16.5. The normalized spacial score (nSPS) is 11.9. The van der Waals surface area contributed by atoms with Crippen LogP contribution in [0.1, 0.15) is 0 Å².